The quantitative estimate of drug-likeness (QED) is 0.641. The highest BCUT2D eigenvalue weighted by atomic mass is 32.2. The third-order valence-corrected chi connectivity index (χ3v) is 2.73. The second kappa shape index (κ2) is 5.53. The molecule has 0 atom stereocenters. The first kappa shape index (κ1) is 14.4. The number of carbonyl (C=O) groups excluding carboxylic acids is 1. The average molecular weight is 304 g/mol. The van der Waals surface area contributed by atoms with Gasteiger partial charge in [0.15, 0.2) is 0 Å². The molecular formula is C11H7F3N2O3S. The van der Waals surface area contributed by atoms with E-state index in [4.69, 9.17) is 4.42 Å². The zero-order valence-corrected chi connectivity index (χ0v) is 10.8. The lowest BCUT2D eigenvalue weighted by Gasteiger charge is -2.00. The summed E-state index contributed by atoms with van der Waals surface area (Å²) in [5.74, 6) is -0.580. The summed E-state index contributed by atoms with van der Waals surface area (Å²) in [7, 11) is 1.24. The summed E-state index contributed by atoms with van der Waals surface area (Å²) in [6.45, 7) is 0. The van der Waals surface area contributed by atoms with Crippen LogP contribution >= 0.6 is 11.8 Å². The molecule has 0 spiro atoms. The molecule has 9 heteroatoms. The average Bonchev–Trinajstić information content (AvgIpc) is 2.84. The van der Waals surface area contributed by atoms with E-state index in [9.17, 15) is 18.0 Å². The molecule has 0 bridgehead atoms. The van der Waals surface area contributed by atoms with Crippen molar-refractivity contribution in [3.63, 3.8) is 0 Å². The van der Waals surface area contributed by atoms with Gasteiger partial charge in [-0.05, 0) is 24.3 Å². The van der Waals surface area contributed by atoms with Gasteiger partial charge in [-0.25, -0.2) is 4.79 Å². The van der Waals surface area contributed by atoms with E-state index in [-0.39, 0.29) is 5.89 Å². The third-order valence-electron chi connectivity index (χ3n) is 2.16. The Morgan fingerprint density at radius 3 is 2.45 bits per heavy atom. The molecule has 0 aliphatic heterocycles. The Bertz CT molecular complexity index is 610. The SMILES string of the molecule is COC(=O)c1ccc(-c2nnc(SC(F)(F)F)o2)cc1. The number of carbonyl (C=O) groups is 1. The summed E-state index contributed by atoms with van der Waals surface area (Å²) < 4.78 is 45.8. The number of rotatable bonds is 3. The molecule has 106 valence electrons. The maximum absolute atomic E-state index is 12.1. The van der Waals surface area contributed by atoms with Crippen LogP contribution in [-0.4, -0.2) is 28.8 Å². The van der Waals surface area contributed by atoms with Crippen LogP contribution < -0.4 is 0 Å². The number of methoxy groups -OCH3 is 1. The first-order valence-electron chi connectivity index (χ1n) is 5.17. The summed E-state index contributed by atoms with van der Waals surface area (Å²) in [5.41, 5.74) is -3.78. The van der Waals surface area contributed by atoms with Gasteiger partial charge in [0.1, 0.15) is 0 Å². The van der Waals surface area contributed by atoms with Crippen LogP contribution in [0, 0.1) is 0 Å². The van der Waals surface area contributed by atoms with E-state index in [1.807, 2.05) is 0 Å². The Balaban J connectivity index is 2.18. The van der Waals surface area contributed by atoms with Crippen LogP contribution in [-0.2, 0) is 4.74 Å². The number of nitrogens with zero attached hydrogens (tertiary/aromatic N) is 2. The first-order valence-corrected chi connectivity index (χ1v) is 5.99. The number of hydrogen-bond donors (Lipinski definition) is 0. The summed E-state index contributed by atoms with van der Waals surface area (Å²) in [6.07, 6.45) is 0. The van der Waals surface area contributed by atoms with Crippen LogP contribution in [0.5, 0.6) is 0 Å². The van der Waals surface area contributed by atoms with Crippen molar-refractivity contribution in [2.45, 2.75) is 10.7 Å². The van der Waals surface area contributed by atoms with E-state index in [0.717, 1.165) is 0 Å². The van der Waals surface area contributed by atoms with Crippen molar-refractivity contribution in [2.24, 2.45) is 0 Å². The number of benzene rings is 1. The molecule has 0 saturated heterocycles. The van der Waals surface area contributed by atoms with Crippen molar-refractivity contribution in [3.8, 4) is 11.5 Å². The second-order valence-electron chi connectivity index (χ2n) is 3.49. The normalized spacial score (nSPS) is 11.4. The number of aromatic nitrogens is 2. The predicted molar refractivity (Wildman–Crippen MR) is 63.0 cm³/mol. The van der Waals surface area contributed by atoms with E-state index >= 15 is 0 Å². The van der Waals surface area contributed by atoms with E-state index in [2.05, 4.69) is 14.9 Å². The van der Waals surface area contributed by atoms with Crippen LogP contribution in [0.15, 0.2) is 33.9 Å². The lowest BCUT2D eigenvalue weighted by molar-refractivity contribution is -0.0337. The van der Waals surface area contributed by atoms with Crippen molar-refractivity contribution in [1.82, 2.24) is 10.2 Å². The molecule has 0 aliphatic rings. The van der Waals surface area contributed by atoms with Gasteiger partial charge in [-0.15, -0.1) is 10.2 Å². The van der Waals surface area contributed by atoms with Gasteiger partial charge in [-0.2, -0.15) is 13.2 Å². The Morgan fingerprint density at radius 2 is 1.90 bits per heavy atom. The van der Waals surface area contributed by atoms with Gasteiger partial charge in [0.05, 0.1) is 12.7 Å². The van der Waals surface area contributed by atoms with Gasteiger partial charge in [-0.1, -0.05) is 0 Å². The molecule has 20 heavy (non-hydrogen) atoms. The monoisotopic (exact) mass is 304 g/mol. The van der Waals surface area contributed by atoms with Crippen LogP contribution in [0.2, 0.25) is 0 Å². The van der Waals surface area contributed by atoms with Crippen molar-refractivity contribution in [3.05, 3.63) is 29.8 Å². The van der Waals surface area contributed by atoms with Gasteiger partial charge >= 0.3 is 11.5 Å². The number of alkyl halides is 3. The molecule has 0 fully saturated rings. The lowest BCUT2D eigenvalue weighted by atomic mass is 10.1. The Hall–Kier alpha value is -2.03. The zero-order valence-electron chi connectivity index (χ0n) is 9.97. The van der Waals surface area contributed by atoms with E-state index < -0.39 is 28.5 Å². The van der Waals surface area contributed by atoms with Gasteiger partial charge in [0.25, 0.3) is 5.22 Å². The molecule has 0 N–H and O–H groups in total. The molecule has 0 unspecified atom stereocenters. The Labute approximate surface area is 115 Å². The van der Waals surface area contributed by atoms with Gasteiger partial charge in [-0.3, -0.25) is 0 Å². The fraction of sp³-hybridized carbons (Fsp3) is 0.182. The molecular weight excluding hydrogens is 297 g/mol. The molecule has 1 aromatic carbocycles. The smallest absolute Gasteiger partial charge is 0.450 e. The fourth-order valence-electron chi connectivity index (χ4n) is 1.33. The molecule has 0 amide bonds. The van der Waals surface area contributed by atoms with Crippen LogP contribution in [0.4, 0.5) is 13.2 Å². The molecule has 1 heterocycles. The van der Waals surface area contributed by atoms with Crippen LogP contribution in [0.1, 0.15) is 10.4 Å². The van der Waals surface area contributed by atoms with Crippen LogP contribution in [0.3, 0.4) is 0 Å². The minimum Gasteiger partial charge on any atom is -0.465 e. The molecule has 0 radical (unpaired) electrons. The van der Waals surface area contributed by atoms with Gasteiger partial charge < -0.3 is 9.15 Å². The van der Waals surface area contributed by atoms with Crippen molar-refractivity contribution in [1.29, 1.82) is 0 Å². The third kappa shape index (κ3) is 3.50. The largest absolute Gasteiger partial charge is 0.465 e. The maximum atomic E-state index is 12.1. The summed E-state index contributed by atoms with van der Waals surface area (Å²) in [6, 6.07) is 5.84. The number of esters is 1. The van der Waals surface area contributed by atoms with Crippen molar-refractivity contribution >= 4 is 17.7 Å². The number of ether oxygens (including phenoxy) is 1. The van der Waals surface area contributed by atoms with E-state index in [0.29, 0.717) is 11.1 Å². The fourth-order valence-corrected chi connectivity index (χ4v) is 1.73. The summed E-state index contributed by atoms with van der Waals surface area (Å²) in [4.78, 5) is 11.2. The lowest BCUT2D eigenvalue weighted by Crippen LogP contribution is -2.00. The summed E-state index contributed by atoms with van der Waals surface area (Å²) >= 11 is -0.486. The topological polar surface area (TPSA) is 65.2 Å². The maximum Gasteiger partial charge on any atom is 0.450 e. The van der Waals surface area contributed by atoms with E-state index in [1.165, 1.54) is 31.4 Å². The van der Waals surface area contributed by atoms with Gasteiger partial charge in [0, 0.05) is 17.3 Å². The summed E-state index contributed by atoms with van der Waals surface area (Å²) in [5, 5.41) is 6.20. The number of hydrogen-bond acceptors (Lipinski definition) is 6. The Morgan fingerprint density at radius 1 is 1.25 bits per heavy atom. The molecule has 5 nitrogen and oxygen atoms in total. The minimum absolute atomic E-state index is 0.0619. The highest BCUT2D eigenvalue weighted by Gasteiger charge is 2.32. The highest BCUT2D eigenvalue weighted by Crippen LogP contribution is 2.36. The number of thioether (sulfide) groups is 1. The highest BCUT2D eigenvalue weighted by molar-refractivity contribution is 7.99. The molecule has 2 rings (SSSR count). The second-order valence-corrected chi connectivity index (χ2v) is 4.51. The molecule has 0 aliphatic carbocycles. The molecule has 1 aromatic heterocycles. The Kier molecular flexibility index (Phi) is 3.98. The standard InChI is InChI=1S/C11H7F3N2O3S/c1-18-9(17)7-4-2-6(3-5-7)8-15-16-10(19-8)20-11(12,13)14/h2-5H,1H3. The molecule has 0 saturated carbocycles. The van der Waals surface area contributed by atoms with Crippen LogP contribution in [0.25, 0.3) is 11.5 Å². The number of halogens is 3. The zero-order chi connectivity index (χ0) is 14.8. The minimum atomic E-state index is -4.49. The first-order chi connectivity index (χ1) is 9.39. The van der Waals surface area contributed by atoms with Crippen molar-refractivity contribution < 1.29 is 27.1 Å². The van der Waals surface area contributed by atoms with E-state index in [1.54, 1.807) is 0 Å². The molecule has 2 aromatic rings. The predicted octanol–water partition coefficient (Wildman–Crippen LogP) is 3.14. The van der Waals surface area contributed by atoms with Crippen molar-refractivity contribution in [2.75, 3.05) is 7.11 Å². The van der Waals surface area contributed by atoms with Gasteiger partial charge in [0.2, 0.25) is 5.89 Å².